The highest BCUT2D eigenvalue weighted by molar-refractivity contribution is 7.98. The maximum absolute atomic E-state index is 13.0. The van der Waals surface area contributed by atoms with Crippen LogP contribution in [0.15, 0.2) is 102 Å². The Morgan fingerprint density at radius 1 is 0.927 bits per heavy atom. The van der Waals surface area contributed by atoms with E-state index in [0.717, 1.165) is 34.7 Å². The lowest BCUT2D eigenvalue weighted by Gasteiger charge is -2.11. The number of methoxy groups -OCH3 is 1. The Kier molecular flexibility index (Phi) is 8.34. The highest BCUT2D eigenvalue weighted by Crippen LogP contribution is 2.31. The summed E-state index contributed by atoms with van der Waals surface area (Å²) in [4.78, 5) is 16.7. The summed E-state index contributed by atoms with van der Waals surface area (Å²) in [6.45, 7) is -0.0127. The predicted molar refractivity (Wildman–Crippen MR) is 150 cm³/mol. The molecular formula is C30H24F3N5O2S. The summed E-state index contributed by atoms with van der Waals surface area (Å²) < 4.78 is 46.1. The molecule has 0 spiro atoms. The average molecular weight is 576 g/mol. The first kappa shape index (κ1) is 27.9. The van der Waals surface area contributed by atoms with Gasteiger partial charge in [-0.3, -0.25) is 14.3 Å². The van der Waals surface area contributed by atoms with E-state index < -0.39 is 11.7 Å². The molecule has 5 aromatic rings. The van der Waals surface area contributed by atoms with Crippen LogP contribution in [0.4, 0.5) is 13.2 Å². The van der Waals surface area contributed by atoms with Gasteiger partial charge in [0.25, 0.3) is 5.91 Å². The maximum Gasteiger partial charge on any atom is 0.416 e. The van der Waals surface area contributed by atoms with Gasteiger partial charge in [-0.1, -0.05) is 36.0 Å². The molecule has 0 aliphatic heterocycles. The van der Waals surface area contributed by atoms with Gasteiger partial charge in [0.15, 0.2) is 11.0 Å². The monoisotopic (exact) mass is 575 g/mol. The lowest BCUT2D eigenvalue weighted by molar-refractivity contribution is -0.137. The Balaban J connectivity index is 1.27. The number of hydrogen-bond acceptors (Lipinski definition) is 6. The van der Waals surface area contributed by atoms with Crippen molar-refractivity contribution in [1.29, 1.82) is 0 Å². The highest BCUT2D eigenvalue weighted by atomic mass is 32.2. The molecule has 2 heterocycles. The zero-order chi connectivity index (χ0) is 28.8. The Labute approximate surface area is 238 Å². The van der Waals surface area contributed by atoms with Gasteiger partial charge in [-0.15, -0.1) is 10.2 Å². The third kappa shape index (κ3) is 6.75. The second-order valence-electron chi connectivity index (χ2n) is 8.94. The lowest BCUT2D eigenvalue weighted by Crippen LogP contribution is -2.23. The van der Waals surface area contributed by atoms with Crippen LogP contribution in [0.5, 0.6) is 5.75 Å². The largest absolute Gasteiger partial charge is 0.497 e. The normalized spacial score (nSPS) is 11.3. The SMILES string of the molecule is COc1ccc(-n2c(SCc3ccc(C(=O)NCc4cccc(C(F)(F)F)c4)cc3)nnc2-c2ccncc2)cc1. The average Bonchev–Trinajstić information content (AvgIpc) is 3.43. The molecule has 0 radical (unpaired) electrons. The van der Waals surface area contributed by atoms with Crippen LogP contribution in [0.2, 0.25) is 0 Å². The summed E-state index contributed by atoms with van der Waals surface area (Å²) >= 11 is 1.50. The molecule has 7 nitrogen and oxygen atoms in total. The van der Waals surface area contributed by atoms with Crippen LogP contribution in [0.3, 0.4) is 0 Å². The van der Waals surface area contributed by atoms with E-state index in [9.17, 15) is 18.0 Å². The Morgan fingerprint density at radius 2 is 1.66 bits per heavy atom. The van der Waals surface area contributed by atoms with Gasteiger partial charge in [-0.25, -0.2) is 0 Å². The zero-order valence-corrected chi connectivity index (χ0v) is 22.6. The summed E-state index contributed by atoms with van der Waals surface area (Å²) in [6.07, 6.45) is -1.03. The Bertz CT molecular complexity index is 1620. The van der Waals surface area contributed by atoms with E-state index in [0.29, 0.717) is 27.9 Å². The number of thioether (sulfide) groups is 1. The summed E-state index contributed by atoms with van der Waals surface area (Å²) in [5.74, 6) is 1.60. The second-order valence-corrected chi connectivity index (χ2v) is 9.88. The molecule has 41 heavy (non-hydrogen) atoms. The zero-order valence-electron chi connectivity index (χ0n) is 21.8. The smallest absolute Gasteiger partial charge is 0.416 e. The standard InChI is InChI=1S/C30H24F3N5O2S/c1-40-26-11-9-25(10-12-26)38-27(22-13-15-34-16-14-22)36-37-29(38)41-19-20-5-7-23(8-6-20)28(39)35-18-21-3-2-4-24(17-21)30(31,32)33/h2-17H,18-19H2,1H3,(H,35,39). The summed E-state index contributed by atoms with van der Waals surface area (Å²) in [6, 6.07) is 23.3. The number of amides is 1. The van der Waals surface area contributed by atoms with Crippen molar-refractivity contribution >= 4 is 17.7 Å². The molecule has 0 aliphatic rings. The van der Waals surface area contributed by atoms with E-state index >= 15 is 0 Å². The van der Waals surface area contributed by atoms with E-state index in [1.54, 1.807) is 37.7 Å². The van der Waals surface area contributed by atoms with Gasteiger partial charge in [0.05, 0.1) is 12.7 Å². The molecule has 0 aliphatic carbocycles. The molecule has 1 N–H and O–H groups in total. The van der Waals surface area contributed by atoms with E-state index in [1.807, 2.05) is 53.1 Å². The van der Waals surface area contributed by atoms with Crippen molar-refractivity contribution in [2.75, 3.05) is 7.11 Å². The molecule has 0 fully saturated rings. The van der Waals surface area contributed by atoms with Crippen molar-refractivity contribution in [2.24, 2.45) is 0 Å². The number of carbonyl (C=O) groups is 1. The quantitative estimate of drug-likeness (QED) is 0.200. The van der Waals surface area contributed by atoms with E-state index in [4.69, 9.17) is 4.74 Å². The maximum atomic E-state index is 13.0. The molecule has 208 valence electrons. The van der Waals surface area contributed by atoms with Gasteiger partial charge >= 0.3 is 6.18 Å². The molecule has 11 heteroatoms. The summed E-state index contributed by atoms with van der Waals surface area (Å²) in [5.41, 5.74) is 2.73. The van der Waals surface area contributed by atoms with Gasteiger partial charge in [-0.2, -0.15) is 13.2 Å². The Hall–Kier alpha value is -4.64. The van der Waals surface area contributed by atoms with Crippen LogP contribution in [0.25, 0.3) is 17.1 Å². The van der Waals surface area contributed by atoms with Gasteiger partial charge in [0, 0.05) is 41.5 Å². The fourth-order valence-corrected chi connectivity index (χ4v) is 4.97. The molecule has 0 unspecified atom stereocenters. The van der Waals surface area contributed by atoms with Crippen LogP contribution >= 0.6 is 11.8 Å². The van der Waals surface area contributed by atoms with E-state index in [-0.39, 0.29) is 12.5 Å². The number of halogens is 3. The third-order valence-electron chi connectivity index (χ3n) is 6.19. The van der Waals surface area contributed by atoms with Crippen molar-refractivity contribution in [3.63, 3.8) is 0 Å². The number of ether oxygens (including phenoxy) is 1. The molecule has 1 amide bonds. The number of carbonyl (C=O) groups excluding carboxylic acids is 1. The molecule has 2 aromatic heterocycles. The minimum absolute atomic E-state index is 0.0127. The third-order valence-corrected chi connectivity index (χ3v) is 7.19. The highest BCUT2D eigenvalue weighted by Gasteiger charge is 2.30. The molecule has 3 aromatic carbocycles. The van der Waals surface area contributed by atoms with Gasteiger partial charge in [0.1, 0.15) is 5.75 Å². The topological polar surface area (TPSA) is 81.9 Å². The number of alkyl halides is 3. The molecule has 0 atom stereocenters. The molecule has 0 bridgehead atoms. The minimum Gasteiger partial charge on any atom is -0.497 e. The van der Waals surface area contributed by atoms with Crippen molar-refractivity contribution in [1.82, 2.24) is 25.1 Å². The number of rotatable bonds is 9. The van der Waals surface area contributed by atoms with Gasteiger partial charge in [-0.05, 0) is 71.8 Å². The predicted octanol–water partition coefficient (Wildman–Crippen LogP) is 6.58. The second kappa shape index (κ2) is 12.3. The number of nitrogens with one attached hydrogen (secondary N) is 1. The van der Waals surface area contributed by atoms with Crippen molar-refractivity contribution in [2.45, 2.75) is 23.6 Å². The van der Waals surface area contributed by atoms with Gasteiger partial charge < -0.3 is 10.1 Å². The van der Waals surface area contributed by atoms with E-state index in [2.05, 4.69) is 20.5 Å². The van der Waals surface area contributed by atoms with Crippen molar-refractivity contribution in [3.05, 3.63) is 120 Å². The van der Waals surface area contributed by atoms with E-state index in [1.165, 1.54) is 17.8 Å². The molecule has 5 rings (SSSR count). The van der Waals surface area contributed by atoms with Gasteiger partial charge in [0.2, 0.25) is 0 Å². The van der Waals surface area contributed by atoms with Crippen LogP contribution in [-0.2, 0) is 18.5 Å². The fourth-order valence-electron chi connectivity index (χ4n) is 4.06. The minimum atomic E-state index is -4.43. The fraction of sp³-hybridized carbons (Fsp3) is 0.133. The van der Waals surface area contributed by atoms with Crippen molar-refractivity contribution < 1.29 is 22.7 Å². The van der Waals surface area contributed by atoms with Crippen LogP contribution in [0.1, 0.15) is 27.0 Å². The van der Waals surface area contributed by atoms with Crippen LogP contribution < -0.4 is 10.1 Å². The first-order valence-electron chi connectivity index (χ1n) is 12.5. The molecule has 0 saturated heterocycles. The number of hydrogen-bond donors (Lipinski definition) is 1. The molecule has 0 saturated carbocycles. The first-order chi connectivity index (χ1) is 19.8. The van der Waals surface area contributed by atoms with Crippen LogP contribution in [-0.4, -0.2) is 32.8 Å². The summed E-state index contributed by atoms with van der Waals surface area (Å²) in [5, 5.41) is 12.2. The Morgan fingerprint density at radius 3 is 2.34 bits per heavy atom. The first-order valence-corrected chi connectivity index (χ1v) is 13.5. The lowest BCUT2D eigenvalue weighted by atomic mass is 10.1. The van der Waals surface area contributed by atoms with Crippen LogP contribution in [0, 0.1) is 0 Å². The number of benzene rings is 3. The number of aromatic nitrogens is 4. The summed E-state index contributed by atoms with van der Waals surface area (Å²) in [7, 11) is 1.61. The molecular weight excluding hydrogens is 551 g/mol. The number of nitrogens with zero attached hydrogens (tertiary/aromatic N) is 4. The van der Waals surface area contributed by atoms with Crippen molar-refractivity contribution in [3.8, 4) is 22.8 Å². The number of pyridine rings is 1.